The Bertz CT molecular complexity index is 1190. The number of aromatic nitrogens is 2. The minimum Gasteiger partial charge on any atom is -0.494 e. The average molecular weight is 424 g/mol. The molecule has 0 atom stereocenters. The quantitative estimate of drug-likeness (QED) is 0.675. The Balaban J connectivity index is 1.60. The fourth-order valence-corrected chi connectivity index (χ4v) is 3.73. The van der Waals surface area contributed by atoms with Crippen molar-refractivity contribution >= 4 is 28.6 Å². The second kappa shape index (κ2) is 8.63. The van der Waals surface area contributed by atoms with Crippen molar-refractivity contribution in [3.63, 3.8) is 0 Å². The summed E-state index contributed by atoms with van der Waals surface area (Å²) in [5.41, 5.74) is 2.08. The van der Waals surface area contributed by atoms with Gasteiger partial charge in [-0.05, 0) is 56.5 Å². The molecule has 2 amide bonds. The summed E-state index contributed by atoms with van der Waals surface area (Å²) in [5.74, 6) is -0.809. The van der Waals surface area contributed by atoms with Gasteiger partial charge in [0.05, 0.1) is 12.6 Å². The molecule has 3 heterocycles. The van der Waals surface area contributed by atoms with Gasteiger partial charge in [-0.15, -0.1) is 0 Å². The number of carbonyl (C=O) groups excluding carboxylic acids is 2. The van der Waals surface area contributed by atoms with E-state index in [4.69, 9.17) is 9.15 Å². The molecule has 162 valence electrons. The van der Waals surface area contributed by atoms with E-state index in [2.05, 4.69) is 10.3 Å². The summed E-state index contributed by atoms with van der Waals surface area (Å²) in [6, 6.07) is 8.27. The lowest BCUT2D eigenvalue weighted by Gasteiger charge is -2.26. The number of nitrogens with zero attached hydrogens (tertiary/aromatic N) is 3. The largest absolute Gasteiger partial charge is 0.494 e. The fraction of sp³-hybridized carbons (Fsp3) is 0.364. The molecule has 1 aromatic carbocycles. The molecule has 1 aliphatic heterocycles. The van der Waals surface area contributed by atoms with E-state index < -0.39 is 11.7 Å². The van der Waals surface area contributed by atoms with Crippen molar-refractivity contribution in [3.05, 3.63) is 52.3 Å². The number of anilines is 1. The average Bonchev–Trinajstić information content (AvgIpc) is 3.08. The molecular weight excluding hydrogens is 400 g/mol. The van der Waals surface area contributed by atoms with Crippen LogP contribution in [0.15, 0.2) is 39.5 Å². The number of piperidine rings is 1. The van der Waals surface area contributed by atoms with E-state index in [0.717, 1.165) is 19.3 Å². The number of benzene rings is 1. The van der Waals surface area contributed by atoms with Gasteiger partial charge in [0.25, 0.3) is 5.91 Å². The third-order valence-corrected chi connectivity index (χ3v) is 5.36. The number of carbonyl (C=O) groups is 2. The van der Waals surface area contributed by atoms with E-state index in [1.54, 1.807) is 42.2 Å². The first kappa shape index (κ1) is 20.6. The number of likely N-dealkylation sites (tertiary alicyclic amines) is 1. The number of hydrogen-bond acceptors (Lipinski definition) is 6. The topological polar surface area (TPSA) is 107 Å². The van der Waals surface area contributed by atoms with Crippen LogP contribution in [0.1, 0.15) is 35.4 Å². The van der Waals surface area contributed by atoms with Crippen LogP contribution in [0.3, 0.4) is 0 Å². The number of amides is 2. The molecule has 0 bridgehead atoms. The SMILES string of the molecule is COc1ccc(C)nc1C(=O)Nc1ccc2oc(=O)n(CC(=O)N3CCCCC3)c2c1. The Morgan fingerprint density at radius 3 is 2.68 bits per heavy atom. The molecular formula is C22H24N4O5. The Morgan fingerprint density at radius 2 is 1.94 bits per heavy atom. The van der Waals surface area contributed by atoms with Crippen LogP contribution in [0.4, 0.5) is 5.69 Å². The first-order valence-corrected chi connectivity index (χ1v) is 10.2. The molecule has 0 unspecified atom stereocenters. The molecule has 1 fully saturated rings. The van der Waals surface area contributed by atoms with Gasteiger partial charge in [-0.25, -0.2) is 9.78 Å². The summed E-state index contributed by atoms with van der Waals surface area (Å²) in [6.07, 6.45) is 3.06. The van der Waals surface area contributed by atoms with Gasteiger partial charge in [-0.1, -0.05) is 0 Å². The third kappa shape index (κ3) is 4.30. The number of ether oxygens (including phenoxy) is 1. The lowest BCUT2D eigenvalue weighted by Crippen LogP contribution is -2.39. The van der Waals surface area contributed by atoms with E-state index in [9.17, 15) is 14.4 Å². The third-order valence-electron chi connectivity index (χ3n) is 5.36. The molecule has 4 rings (SSSR count). The molecule has 1 aliphatic rings. The first-order chi connectivity index (χ1) is 15.0. The van der Waals surface area contributed by atoms with Gasteiger partial charge in [0.1, 0.15) is 12.3 Å². The van der Waals surface area contributed by atoms with Gasteiger partial charge in [0.15, 0.2) is 11.3 Å². The highest BCUT2D eigenvalue weighted by molar-refractivity contribution is 6.05. The summed E-state index contributed by atoms with van der Waals surface area (Å²) in [6.45, 7) is 3.09. The zero-order valence-electron chi connectivity index (χ0n) is 17.5. The zero-order chi connectivity index (χ0) is 22.0. The number of aryl methyl sites for hydroxylation is 1. The summed E-state index contributed by atoms with van der Waals surface area (Å²) >= 11 is 0. The maximum atomic E-state index is 12.8. The minimum atomic E-state index is -0.606. The fourth-order valence-electron chi connectivity index (χ4n) is 3.73. The van der Waals surface area contributed by atoms with Crippen LogP contribution in [-0.4, -0.2) is 46.5 Å². The van der Waals surface area contributed by atoms with Crippen LogP contribution in [-0.2, 0) is 11.3 Å². The Labute approximate surface area is 178 Å². The molecule has 1 N–H and O–H groups in total. The summed E-state index contributed by atoms with van der Waals surface area (Å²) in [5, 5.41) is 2.77. The van der Waals surface area contributed by atoms with E-state index in [0.29, 0.717) is 41.3 Å². The number of fused-ring (bicyclic) bond motifs is 1. The van der Waals surface area contributed by atoms with Gasteiger partial charge >= 0.3 is 5.76 Å². The second-order valence-corrected chi connectivity index (χ2v) is 7.54. The molecule has 0 spiro atoms. The van der Waals surface area contributed by atoms with Gasteiger partial charge in [-0.2, -0.15) is 0 Å². The standard InChI is InChI=1S/C22H24N4O5/c1-14-6-8-18(30-2)20(23-14)21(28)24-15-7-9-17-16(12-15)26(22(29)31-17)13-19(27)25-10-4-3-5-11-25/h6-9,12H,3-5,10-11,13H2,1-2H3,(H,24,28). The highest BCUT2D eigenvalue weighted by Gasteiger charge is 2.21. The molecule has 0 aliphatic carbocycles. The number of methoxy groups -OCH3 is 1. The van der Waals surface area contributed by atoms with Crippen molar-refractivity contribution in [2.45, 2.75) is 32.7 Å². The van der Waals surface area contributed by atoms with Crippen LogP contribution in [0.2, 0.25) is 0 Å². The molecule has 9 heteroatoms. The van der Waals surface area contributed by atoms with Crippen molar-refractivity contribution in [2.24, 2.45) is 0 Å². The normalized spacial score (nSPS) is 13.9. The maximum absolute atomic E-state index is 12.8. The van der Waals surface area contributed by atoms with Crippen molar-refractivity contribution in [3.8, 4) is 5.75 Å². The Kier molecular flexibility index (Phi) is 5.75. The van der Waals surface area contributed by atoms with E-state index in [-0.39, 0.29) is 18.1 Å². The number of hydrogen-bond donors (Lipinski definition) is 1. The molecule has 0 saturated carbocycles. The number of nitrogens with one attached hydrogen (secondary N) is 1. The Hall–Kier alpha value is -3.62. The lowest BCUT2D eigenvalue weighted by molar-refractivity contribution is -0.132. The predicted octanol–water partition coefficient (Wildman–Crippen LogP) is 2.57. The maximum Gasteiger partial charge on any atom is 0.420 e. The van der Waals surface area contributed by atoms with Crippen LogP contribution < -0.4 is 15.8 Å². The Morgan fingerprint density at radius 1 is 1.16 bits per heavy atom. The van der Waals surface area contributed by atoms with Crippen molar-refractivity contribution < 1.29 is 18.7 Å². The molecule has 3 aromatic rings. The molecule has 31 heavy (non-hydrogen) atoms. The monoisotopic (exact) mass is 424 g/mol. The number of rotatable bonds is 5. The van der Waals surface area contributed by atoms with Crippen LogP contribution in [0.25, 0.3) is 11.1 Å². The smallest absolute Gasteiger partial charge is 0.420 e. The highest BCUT2D eigenvalue weighted by Crippen LogP contribution is 2.22. The van der Waals surface area contributed by atoms with E-state index in [1.807, 2.05) is 0 Å². The summed E-state index contributed by atoms with van der Waals surface area (Å²) < 4.78 is 11.8. The van der Waals surface area contributed by atoms with Crippen LogP contribution in [0.5, 0.6) is 5.75 Å². The van der Waals surface area contributed by atoms with Gasteiger partial charge < -0.3 is 19.4 Å². The summed E-state index contributed by atoms with van der Waals surface area (Å²) in [7, 11) is 1.47. The lowest BCUT2D eigenvalue weighted by atomic mass is 10.1. The highest BCUT2D eigenvalue weighted by atomic mass is 16.5. The number of pyridine rings is 1. The van der Waals surface area contributed by atoms with Crippen molar-refractivity contribution in [1.29, 1.82) is 0 Å². The van der Waals surface area contributed by atoms with Crippen molar-refractivity contribution in [1.82, 2.24) is 14.5 Å². The van der Waals surface area contributed by atoms with Crippen molar-refractivity contribution in [2.75, 3.05) is 25.5 Å². The van der Waals surface area contributed by atoms with Gasteiger partial charge in [0, 0.05) is 24.5 Å². The number of oxazole rings is 1. The van der Waals surface area contributed by atoms with Gasteiger partial charge in [0.2, 0.25) is 5.91 Å². The molecule has 0 radical (unpaired) electrons. The predicted molar refractivity (Wildman–Crippen MR) is 114 cm³/mol. The molecule has 2 aromatic heterocycles. The van der Waals surface area contributed by atoms with Crippen LogP contribution >= 0.6 is 0 Å². The molecule has 1 saturated heterocycles. The van der Waals surface area contributed by atoms with E-state index >= 15 is 0 Å². The molecule has 9 nitrogen and oxygen atoms in total. The first-order valence-electron chi connectivity index (χ1n) is 10.2. The van der Waals surface area contributed by atoms with E-state index in [1.165, 1.54) is 11.7 Å². The van der Waals surface area contributed by atoms with Gasteiger partial charge in [-0.3, -0.25) is 14.2 Å². The summed E-state index contributed by atoms with van der Waals surface area (Å²) in [4.78, 5) is 43.8. The van der Waals surface area contributed by atoms with Crippen LogP contribution in [0, 0.1) is 6.92 Å². The minimum absolute atomic E-state index is 0.101. The second-order valence-electron chi connectivity index (χ2n) is 7.54. The zero-order valence-corrected chi connectivity index (χ0v) is 17.5.